The van der Waals surface area contributed by atoms with Gasteiger partial charge in [-0.25, -0.2) is 9.97 Å². The SMILES string of the molecule is CCCC(=O)Oc1ccc(-c2ccc(-c3ncc(C#N)cn3)cc2)cc1. The molecule has 5 nitrogen and oxygen atoms in total. The molecule has 0 saturated carbocycles. The summed E-state index contributed by atoms with van der Waals surface area (Å²) in [4.78, 5) is 19.9. The lowest BCUT2D eigenvalue weighted by molar-refractivity contribution is -0.134. The fraction of sp³-hybridized carbons (Fsp3) is 0.143. The second-order valence-corrected chi connectivity index (χ2v) is 5.73. The Labute approximate surface area is 151 Å². The first kappa shape index (κ1) is 17.3. The smallest absolute Gasteiger partial charge is 0.311 e. The molecule has 1 aromatic heterocycles. The fourth-order valence-electron chi connectivity index (χ4n) is 2.45. The third-order valence-electron chi connectivity index (χ3n) is 3.80. The van der Waals surface area contributed by atoms with Crippen molar-refractivity contribution < 1.29 is 9.53 Å². The molecule has 0 N–H and O–H groups in total. The van der Waals surface area contributed by atoms with E-state index in [1.165, 1.54) is 12.4 Å². The van der Waals surface area contributed by atoms with Crippen molar-refractivity contribution in [1.29, 1.82) is 5.26 Å². The quantitative estimate of drug-likeness (QED) is 0.507. The predicted molar refractivity (Wildman–Crippen MR) is 98.2 cm³/mol. The number of hydrogen-bond acceptors (Lipinski definition) is 5. The van der Waals surface area contributed by atoms with E-state index in [1.54, 1.807) is 12.1 Å². The van der Waals surface area contributed by atoms with Gasteiger partial charge in [0.25, 0.3) is 0 Å². The Balaban J connectivity index is 1.73. The van der Waals surface area contributed by atoms with Crippen molar-refractivity contribution >= 4 is 5.97 Å². The van der Waals surface area contributed by atoms with Crippen LogP contribution < -0.4 is 4.74 Å². The van der Waals surface area contributed by atoms with E-state index >= 15 is 0 Å². The zero-order chi connectivity index (χ0) is 18.4. The van der Waals surface area contributed by atoms with Gasteiger partial charge in [0.1, 0.15) is 11.8 Å². The summed E-state index contributed by atoms with van der Waals surface area (Å²) in [6.07, 6.45) is 4.20. The van der Waals surface area contributed by atoms with Gasteiger partial charge in [0.15, 0.2) is 5.82 Å². The monoisotopic (exact) mass is 343 g/mol. The van der Waals surface area contributed by atoms with Crippen LogP contribution in [0, 0.1) is 11.3 Å². The third kappa shape index (κ3) is 4.11. The van der Waals surface area contributed by atoms with E-state index < -0.39 is 0 Å². The van der Waals surface area contributed by atoms with Crippen LogP contribution in [0.4, 0.5) is 0 Å². The van der Waals surface area contributed by atoms with Crippen molar-refractivity contribution in [2.24, 2.45) is 0 Å². The molecule has 26 heavy (non-hydrogen) atoms. The third-order valence-corrected chi connectivity index (χ3v) is 3.80. The van der Waals surface area contributed by atoms with Crippen molar-refractivity contribution in [1.82, 2.24) is 9.97 Å². The van der Waals surface area contributed by atoms with E-state index in [4.69, 9.17) is 10.00 Å². The Kier molecular flexibility index (Phi) is 5.35. The van der Waals surface area contributed by atoms with Crippen LogP contribution in [0.1, 0.15) is 25.3 Å². The Morgan fingerprint density at radius 3 is 2.04 bits per heavy atom. The van der Waals surface area contributed by atoms with Crippen LogP contribution in [0.5, 0.6) is 5.75 Å². The van der Waals surface area contributed by atoms with Gasteiger partial charge in [-0.3, -0.25) is 4.79 Å². The number of carbonyl (C=O) groups is 1. The van der Waals surface area contributed by atoms with Gasteiger partial charge >= 0.3 is 5.97 Å². The number of hydrogen-bond donors (Lipinski definition) is 0. The van der Waals surface area contributed by atoms with Crippen molar-refractivity contribution in [3.05, 3.63) is 66.5 Å². The molecular weight excluding hydrogens is 326 g/mol. The molecule has 3 rings (SSSR count). The van der Waals surface area contributed by atoms with E-state index in [0.717, 1.165) is 23.1 Å². The van der Waals surface area contributed by atoms with Crippen LogP contribution in [0.3, 0.4) is 0 Å². The Morgan fingerprint density at radius 2 is 1.50 bits per heavy atom. The van der Waals surface area contributed by atoms with E-state index in [1.807, 2.05) is 49.4 Å². The van der Waals surface area contributed by atoms with E-state index in [-0.39, 0.29) is 5.97 Å². The Bertz CT molecular complexity index is 925. The van der Waals surface area contributed by atoms with Crippen LogP contribution in [0.2, 0.25) is 0 Å². The summed E-state index contributed by atoms with van der Waals surface area (Å²) in [7, 11) is 0. The lowest BCUT2D eigenvalue weighted by Gasteiger charge is -2.06. The van der Waals surface area contributed by atoms with E-state index in [9.17, 15) is 4.79 Å². The first-order valence-corrected chi connectivity index (χ1v) is 8.33. The van der Waals surface area contributed by atoms with Gasteiger partial charge in [-0.15, -0.1) is 0 Å². The van der Waals surface area contributed by atoms with Crippen LogP contribution in [0.15, 0.2) is 60.9 Å². The van der Waals surface area contributed by atoms with Crippen LogP contribution in [-0.4, -0.2) is 15.9 Å². The summed E-state index contributed by atoms with van der Waals surface area (Å²) in [5.74, 6) is 0.913. The van der Waals surface area contributed by atoms with Crippen molar-refractivity contribution in [3.63, 3.8) is 0 Å². The standard InChI is InChI=1S/C21H17N3O2/c1-2-3-20(25)26-19-10-8-17(9-11-19)16-4-6-18(7-5-16)21-23-13-15(12-22)14-24-21/h4-11,13-14H,2-3H2,1H3. The van der Waals surface area contributed by atoms with Crippen molar-refractivity contribution in [2.45, 2.75) is 19.8 Å². The molecule has 3 aromatic rings. The second kappa shape index (κ2) is 8.04. The van der Waals surface area contributed by atoms with E-state index in [0.29, 0.717) is 23.6 Å². The normalized spacial score (nSPS) is 10.2. The average molecular weight is 343 g/mol. The van der Waals surface area contributed by atoms with Crippen molar-refractivity contribution in [2.75, 3.05) is 0 Å². The molecule has 0 atom stereocenters. The summed E-state index contributed by atoms with van der Waals surface area (Å²) >= 11 is 0. The topological polar surface area (TPSA) is 75.9 Å². The van der Waals surface area contributed by atoms with Gasteiger partial charge in [0.2, 0.25) is 0 Å². The zero-order valence-corrected chi connectivity index (χ0v) is 14.3. The molecule has 0 fully saturated rings. The first-order valence-electron chi connectivity index (χ1n) is 8.33. The Hall–Kier alpha value is -3.52. The number of rotatable bonds is 5. The molecular formula is C21H17N3O2. The highest BCUT2D eigenvalue weighted by molar-refractivity contribution is 5.73. The molecule has 2 aromatic carbocycles. The fourth-order valence-corrected chi connectivity index (χ4v) is 2.45. The molecule has 0 spiro atoms. The van der Waals surface area contributed by atoms with Gasteiger partial charge in [0, 0.05) is 24.4 Å². The molecule has 0 bridgehead atoms. The summed E-state index contributed by atoms with van der Waals surface area (Å²) in [5, 5.41) is 8.80. The van der Waals surface area contributed by atoms with Gasteiger partial charge < -0.3 is 4.74 Å². The Morgan fingerprint density at radius 1 is 0.962 bits per heavy atom. The number of ether oxygens (including phenoxy) is 1. The van der Waals surface area contributed by atoms with Gasteiger partial charge in [-0.1, -0.05) is 43.3 Å². The summed E-state index contributed by atoms with van der Waals surface area (Å²) < 4.78 is 5.26. The number of esters is 1. The van der Waals surface area contributed by atoms with Gasteiger partial charge in [-0.2, -0.15) is 5.26 Å². The van der Waals surface area contributed by atoms with Crippen LogP contribution >= 0.6 is 0 Å². The largest absolute Gasteiger partial charge is 0.427 e. The number of nitrogens with zero attached hydrogens (tertiary/aromatic N) is 3. The average Bonchev–Trinajstić information content (AvgIpc) is 2.69. The predicted octanol–water partition coefficient (Wildman–Crippen LogP) is 4.39. The minimum Gasteiger partial charge on any atom is -0.427 e. The molecule has 5 heteroatoms. The zero-order valence-electron chi connectivity index (χ0n) is 14.3. The minimum atomic E-state index is -0.216. The minimum absolute atomic E-state index is 0.216. The molecule has 0 saturated heterocycles. The van der Waals surface area contributed by atoms with Crippen LogP contribution in [0.25, 0.3) is 22.5 Å². The summed E-state index contributed by atoms with van der Waals surface area (Å²) in [6, 6.07) is 17.3. The van der Waals surface area contributed by atoms with Crippen LogP contribution in [-0.2, 0) is 4.79 Å². The highest BCUT2D eigenvalue weighted by Crippen LogP contribution is 2.25. The molecule has 0 amide bonds. The highest BCUT2D eigenvalue weighted by Gasteiger charge is 2.05. The van der Waals surface area contributed by atoms with Gasteiger partial charge in [-0.05, 0) is 29.7 Å². The highest BCUT2D eigenvalue weighted by atomic mass is 16.5. The molecule has 128 valence electrons. The lowest BCUT2D eigenvalue weighted by Crippen LogP contribution is -2.06. The molecule has 0 aliphatic heterocycles. The maximum atomic E-state index is 11.5. The van der Waals surface area contributed by atoms with Crippen molar-refractivity contribution in [3.8, 4) is 34.3 Å². The summed E-state index contributed by atoms with van der Waals surface area (Å²) in [6.45, 7) is 1.94. The molecule has 0 radical (unpaired) electrons. The number of carbonyl (C=O) groups excluding carboxylic acids is 1. The lowest BCUT2D eigenvalue weighted by atomic mass is 10.0. The first-order chi connectivity index (χ1) is 12.7. The molecule has 0 aliphatic carbocycles. The second-order valence-electron chi connectivity index (χ2n) is 5.73. The molecule has 1 heterocycles. The number of aromatic nitrogens is 2. The summed E-state index contributed by atoms with van der Waals surface area (Å²) in [5.41, 5.74) is 3.37. The maximum absolute atomic E-state index is 11.5. The van der Waals surface area contributed by atoms with Gasteiger partial charge in [0.05, 0.1) is 5.56 Å². The maximum Gasteiger partial charge on any atom is 0.311 e. The molecule has 0 aliphatic rings. The number of benzene rings is 2. The number of nitriles is 1. The molecule has 0 unspecified atom stereocenters. The van der Waals surface area contributed by atoms with E-state index in [2.05, 4.69) is 9.97 Å².